The van der Waals surface area contributed by atoms with E-state index in [2.05, 4.69) is 17.3 Å². The Morgan fingerprint density at radius 1 is 1.26 bits per heavy atom. The van der Waals surface area contributed by atoms with Gasteiger partial charge in [0, 0.05) is 11.6 Å². The Balaban J connectivity index is 1.50. The van der Waals surface area contributed by atoms with Gasteiger partial charge in [0.2, 0.25) is 5.89 Å². The van der Waals surface area contributed by atoms with E-state index in [0.29, 0.717) is 11.5 Å². The van der Waals surface area contributed by atoms with Crippen molar-refractivity contribution in [3.05, 3.63) is 40.9 Å². The van der Waals surface area contributed by atoms with Crippen molar-refractivity contribution in [2.75, 3.05) is 6.61 Å². The van der Waals surface area contributed by atoms with E-state index in [4.69, 9.17) is 9.15 Å². The fourth-order valence-corrected chi connectivity index (χ4v) is 3.20. The van der Waals surface area contributed by atoms with Gasteiger partial charge in [-0.05, 0) is 30.9 Å². The minimum absolute atomic E-state index is 0.122. The minimum Gasteiger partial charge on any atom is -0.454 e. The van der Waals surface area contributed by atoms with Crippen molar-refractivity contribution < 1.29 is 18.7 Å². The third kappa shape index (κ3) is 5.06. The molecule has 0 radical (unpaired) electrons. The first-order chi connectivity index (χ1) is 13.0. The van der Waals surface area contributed by atoms with Crippen LogP contribution in [0.25, 0.3) is 11.5 Å². The molecule has 1 N–H and O–H groups in total. The van der Waals surface area contributed by atoms with Gasteiger partial charge in [-0.3, -0.25) is 9.59 Å². The van der Waals surface area contributed by atoms with Gasteiger partial charge < -0.3 is 14.5 Å². The van der Waals surface area contributed by atoms with Crippen molar-refractivity contribution in [3.63, 3.8) is 0 Å². The number of benzene rings is 1. The molecular weight excluding hydrogens is 350 g/mol. The number of hydrogen-bond acceptors (Lipinski definition) is 6. The summed E-state index contributed by atoms with van der Waals surface area (Å²) in [6.45, 7) is 1.32. The van der Waals surface area contributed by atoms with Crippen LogP contribution in [0.5, 0.6) is 0 Å². The van der Waals surface area contributed by atoms with Crippen LogP contribution in [-0.2, 0) is 20.9 Å². The van der Waals surface area contributed by atoms with Gasteiger partial charge in [-0.1, -0.05) is 38.0 Å². The van der Waals surface area contributed by atoms with Crippen LogP contribution in [0.3, 0.4) is 0 Å². The number of esters is 1. The number of carbonyl (C=O) groups excluding carboxylic acids is 2. The lowest BCUT2D eigenvalue weighted by atomic mass is 9.86. The maximum Gasteiger partial charge on any atom is 0.437 e. The minimum atomic E-state index is -0.758. The van der Waals surface area contributed by atoms with E-state index >= 15 is 0 Å². The molecule has 1 aliphatic rings. The summed E-state index contributed by atoms with van der Waals surface area (Å²) >= 11 is 0. The SMILES string of the molecule is C[C@@H]1CCCC[C@@H]1NC(=O)COC(=O)Cn1nc(-c2ccccc2)oc1=O. The highest BCUT2D eigenvalue weighted by Gasteiger charge is 2.23. The summed E-state index contributed by atoms with van der Waals surface area (Å²) in [5.41, 5.74) is 0.627. The Morgan fingerprint density at radius 3 is 2.74 bits per heavy atom. The predicted molar refractivity (Wildman–Crippen MR) is 96.7 cm³/mol. The summed E-state index contributed by atoms with van der Waals surface area (Å²) in [7, 11) is 0. The number of hydrogen-bond donors (Lipinski definition) is 1. The van der Waals surface area contributed by atoms with Crippen molar-refractivity contribution >= 4 is 11.9 Å². The highest BCUT2D eigenvalue weighted by atomic mass is 16.5. The molecule has 2 atom stereocenters. The monoisotopic (exact) mass is 373 g/mol. The van der Waals surface area contributed by atoms with Gasteiger partial charge in [0.25, 0.3) is 5.91 Å². The first-order valence-electron chi connectivity index (χ1n) is 9.11. The van der Waals surface area contributed by atoms with Crippen LogP contribution in [0.1, 0.15) is 32.6 Å². The van der Waals surface area contributed by atoms with Gasteiger partial charge in [-0.2, -0.15) is 4.68 Å². The standard InChI is InChI=1S/C19H23N3O5/c1-13-7-5-6-10-15(13)20-16(23)12-26-17(24)11-22-19(25)27-18(21-22)14-8-3-2-4-9-14/h2-4,8-9,13,15H,5-7,10-12H2,1H3,(H,20,23)/t13-,15+/m1/s1. The van der Waals surface area contributed by atoms with Crippen molar-refractivity contribution in [2.45, 2.75) is 45.2 Å². The molecule has 8 nitrogen and oxygen atoms in total. The van der Waals surface area contributed by atoms with Gasteiger partial charge in [-0.25, -0.2) is 4.79 Å². The number of nitrogens with zero attached hydrogens (tertiary/aromatic N) is 2. The molecule has 1 aromatic heterocycles. The lowest BCUT2D eigenvalue weighted by Gasteiger charge is -2.29. The van der Waals surface area contributed by atoms with Crippen molar-refractivity contribution in [1.82, 2.24) is 15.1 Å². The van der Waals surface area contributed by atoms with Gasteiger partial charge in [-0.15, -0.1) is 5.10 Å². The molecule has 1 aromatic carbocycles. The normalized spacial score (nSPS) is 19.4. The van der Waals surface area contributed by atoms with Crippen LogP contribution in [0, 0.1) is 5.92 Å². The fraction of sp³-hybridized carbons (Fsp3) is 0.474. The van der Waals surface area contributed by atoms with Crippen LogP contribution in [0.15, 0.2) is 39.5 Å². The Bertz CT molecular complexity index is 843. The van der Waals surface area contributed by atoms with E-state index in [1.54, 1.807) is 24.3 Å². The zero-order valence-corrected chi connectivity index (χ0v) is 15.2. The summed E-state index contributed by atoms with van der Waals surface area (Å²) in [4.78, 5) is 35.7. The molecule has 1 aliphatic carbocycles. The predicted octanol–water partition coefficient (Wildman–Crippen LogP) is 1.74. The second kappa shape index (κ2) is 8.66. The molecule has 0 unspecified atom stereocenters. The van der Waals surface area contributed by atoms with Crippen molar-refractivity contribution in [2.24, 2.45) is 5.92 Å². The number of ether oxygens (including phenoxy) is 1. The van der Waals surface area contributed by atoms with Crippen LogP contribution in [0.4, 0.5) is 0 Å². The molecule has 1 saturated carbocycles. The van der Waals surface area contributed by atoms with Gasteiger partial charge in [0.15, 0.2) is 6.61 Å². The molecule has 27 heavy (non-hydrogen) atoms. The quantitative estimate of drug-likeness (QED) is 0.774. The Morgan fingerprint density at radius 2 is 2.00 bits per heavy atom. The molecule has 0 bridgehead atoms. The molecule has 144 valence electrons. The van der Waals surface area contributed by atoms with Crippen LogP contribution in [-0.4, -0.2) is 34.3 Å². The highest BCUT2D eigenvalue weighted by Crippen LogP contribution is 2.23. The number of aromatic nitrogens is 2. The Kier molecular flexibility index (Phi) is 6.05. The third-order valence-electron chi connectivity index (χ3n) is 4.73. The molecule has 1 fully saturated rings. The molecule has 3 rings (SSSR count). The van der Waals surface area contributed by atoms with E-state index in [9.17, 15) is 14.4 Å². The van der Waals surface area contributed by atoms with Gasteiger partial charge in [0.05, 0.1) is 0 Å². The summed E-state index contributed by atoms with van der Waals surface area (Å²) in [5.74, 6) is -1.27. The molecular formula is C19H23N3O5. The maximum atomic E-state index is 12.0. The summed E-state index contributed by atoms with van der Waals surface area (Å²) < 4.78 is 10.9. The second-order valence-corrected chi connectivity index (χ2v) is 6.79. The van der Waals surface area contributed by atoms with Crippen LogP contribution in [0.2, 0.25) is 0 Å². The van der Waals surface area contributed by atoms with E-state index in [-0.39, 0.29) is 24.4 Å². The molecule has 0 aliphatic heterocycles. The van der Waals surface area contributed by atoms with Crippen molar-refractivity contribution in [3.8, 4) is 11.5 Å². The molecule has 0 spiro atoms. The molecule has 1 amide bonds. The second-order valence-electron chi connectivity index (χ2n) is 6.79. The van der Waals surface area contributed by atoms with E-state index < -0.39 is 18.3 Å². The van der Waals surface area contributed by atoms with Crippen molar-refractivity contribution in [1.29, 1.82) is 0 Å². The fourth-order valence-electron chi connectivity index (χ4n) is 3.20. The van der Waals surface area contributed by atoms with E-state index in [1.165, 1.54) is 6.42 Å². The summed E-state index contributed by atoms with van der Waals surface area (Å²) in [6.07, 6.45) is 4.30. The topological polar surface area (TPSA) is 103 Å². The van der Waals surface area contributed by atoms with E-state index in [1.807, 2.05) is 6.07 Å². The first-order valence-corrected chi connectivity index (χ1v) is 9.11. The molecule has 1 heterocycles. The lowest BCUT2D eigenvalue weighted by Crippen LogP contribution is -2.43. The number of rotatable bonds is 6. The number of amides is 1. The average Bonchev–Trinajstić information content (AvgIpc) is 3.03. The zero-order chi connectivity index (χ0) is 19.2. The Hall–Kier alpha value is -2.90. The van der Waals surface area contributed by atoms with E-state index in [0.717, 1.165) is 23.9 Å². The van der Waals surface area contributed by atoms with Gasteiger partial charge in [0.1, 0.15) is 6.54 Å². The molecule has 8 heteroatoms. The van der Waals surface area contributed by atoms with Crippen LogP contribution >= 0.6 is 0 Å². The largest absolute Gasteiger partial charge is 0.454 e. The van der Waals surface area contributed by atoms with Gasteiger partial charge >= 0.3 is 11.7 Å². The number of nitrogens with one attached hydrogen (secondary N) is 1. The highest BCUT2D eigenvalue weighted by molar-refractivity contribution is 5.80. The summed E-state index contributed by atoms with van der Waals surface area (Å²) in [5, 5.41) is 6.89. The molecule has 0 saturated heterocycles. The third-order valence-corrected chi connectivity index (χ3v) is 4.73. The summed E-state index contributed by atoms with van der Waals surface area (Å²) in [6, 6.07) is 9.00. The van der Waals surface area contributed by atoms with Crippen LogP contribution < -0.4 is 11.1 Å². The zero-order valence-electron chi connectivity index (χ0n) is 15.2. The first kappa shape index (κ1) is 18.9. The maximum absolute atomic E-state index is 12.0. The Labute approximate surface area is 156 Å². The molecule has 2 aromatic rings. The number of carbonyl (C=O) groups is 2. The smallest absolute Gasteiger partial charge is 0.437 e. The lowest BCUT2D eigenvalue weighted by molar-refractivity contribution is -0.149. The average molecular weight is 373 g/mol.